The van der Waals surface area contributed by atoms with Crippen LogP contribution in [0.1, 0.15) is 51.9 Å². The first-order valence-electron chi connectivity index (χ1n) is 4.60. The average Bonchev–Trinajstić information content (AvgIpc) is 2.03. The maximum atomic E-state index is 3.12. The molecule has 0 aliphatic rings. The predicted molar refractivity (Wildman–Crippen MR) is 54.3 cm³/mol. The molecule has 64 valence electrons. The van der Waals surface area contributed by atoms with Gasteiger partial charge in [-0.3, -0.25) is 0 Å². The summed E-state index contributed by atoms with van der Waals surface area (Å²) in [5.74, 6) is 3.12. The zero-order chi connectivity index (χ0) is 8.36. The molecule has 0 nitrogen and oxygen atoms in total. The number of hydrogen-bond acceptors (Lipinski definition) is 0. The predicted octanol–water partition coefficient (Wildman–Crippen LogP) is 2.33. The second-order valence-electron chi connectivity index (χ2n) is 2.84. The molecule has 0 spiro atoms. The van der Waals surface area contributed by atoms with Crippen molar-refractivity contribution in [3.05, 3.63) is 0 Å². The Hall–Kier alpha value is 0.118. The topological polar surface area (TPSA) is 0 Å². The van der Waals surface area contributed by atoms with Crippen LogP contribution in [0, 0.1) is 10.6 Å². The van der Waals surface area contributed by atoms with Crippen LogP contribution in [0.4, 0.5) is 0 Å². The van der Waals surface area contributed by atoms with Crippen molar-refractivity contribution < 1.29 is 0 Å². The van der Waals surface area contributed by atoms with Gasteiger partial charge >= 0.3 is 79.4 Å². The van der Waals surface area contributed by atoms with E-state index in [4.69, 9.17) is 0 Å². The molecule has 0 fully saturated rings. The van der Waals surface area contributed by atoms with Crippen molar-refractivity contribution >= 4 is 16.9 Å². The van der Waals surface area contributed by atoms with E-state index in [-0.39, 0.29) is 0 Å². The third kappa shape index (κ3) is 10.1. The van der Waals surface area contributed by atoms with Gasteiger partial charge in [-0.1, -0.05) is 0 Å². The molecule has 0 aromatic carbocycles. The van der Waals surface area contributed by atoms with Crippen molar-refractivity contribution in [2.75, 3.05) is 0 Å². The van der Waals surface area contributed by atoms with Crippen LogP contribution in [0.15, 0.2) is 0 Å². The standard InChI is InChI=1S/C10H19As/c1-2-3-4-5-6-7-8-9-10-11/h2-8,11H2,1H3. The van der Waals surface area contributed by atoms with E-state index >= 15 is 0 Å². The van der Waals surface area contributed by atoms with Gasteiger partial charge in [0.25, 0.3) is 0 Å². The van der Waals surface area contributed by atoms with E-state index in [9.17, 15) is 0 Å². The summed E-state index contributed by atoms with van der Waals surface area (Å²) in [6.45, 7) is 2.25. The van der Waals surface area contributed by atoms with Crippen LogP contribution < -0.4 is 0 Å². The van der Waals surface area contributed by atoms with E-state index in [1.807, 2.05) is 0 Å². The first-order chi connectivity index (χ1) is 5.41. The van der Waals surface area contributed by atoms with Gasteiger partial charge in [-0.25, -0.2) is 0 Å². The van der Waals surface area contributed by atoms with Crippen LogP contribution in [-0.2, 0) is 0 Å². The normalized spacial score (nSPS) is 8.91. The molecule has 0 N–H and O–H groups in total. The summed E-state index contributed by atoms with van der Waals surface area (Å²) >= 11 is 1.52. The molecule has 0 amide bonds. The van der Waals surface area contributed by atoms with E-state index in [0.717, 1.165) is 6.42 Å². The molecule has 11 heavy (non-hydrogen) atoms. The second kappa shape index (κ2) is 10.1. The van der Waals surface area contributed by atoms with E-state index in [1.165, 1.54) is 55.4 Å². The molecule has 1 heteroatoms. The Kier molecular flexibility index (Phi) is 10.2. The molecule has 0 aromatic rings. The first-order valence-corrected chi connectivity index (χ1v) is 5.81. The summed E-state index contributed by atoms with van der Waals surface area (Å²) in [4.78, 5) is 0. The van der Waals surface area contributed by atoms with Gasteiger partial charge in [-0.05, 0) is 0 Å². The number of rotatable bonds is 6. The summed E-state index contributed by atoms with van der Waals surface area (Å²) < 4.78 is 2.98. The molecule has 0 radical (unpaired) electrons. The van der Waals surface area contributed by atoms with Gasteiger partial charge in [0, 0.05) is 0 Å². The SMILES string of the molecule is CCCCCCCCC#C[AsH2]. The van der Waals surface area contributed by atoms with E-state index in [2.05, 4.69) is 17.6 Å². The molecule has 1 unspecified atom stereocenters. The Morgan fingerprint density at radius 3 is 2.27 bits per heavy atom. The third-order valence-electron chi connectivity index (χ3n) is 1.76. The van der Waals surface area contributed by atoms with Gasteiger partial charge in [0.2, 0.25) is 0 Å². The third-order valence-corrected chi connectivity index (χ3v) is 2.19. The molecule has 0 saturated heterocycles. The van der Waals surface area contributed by atoms with Crippen molar-refractivity contribution in [3.8, 4) is 10.6 Å². The van der Waals surface area contributed by atoms with Crippen LogP contribution in [0.25, 0.3) is 0 Å². The molecular weight excluding hydrogens is 195 g/mol. The monoisotopic (exact) mass is 214 g/mol. The fourth-order valence-corrected chi connectivity index (χ4v) is 1.37. The van der Waals surface area contributed by atoms with Crippen LogP contribution in [0.3, 0.4) is 0 Å². The first kappa shape index (κ1) is 11.1. The number of hydrogen-bond donors (Lipinski definition) is 0. The van der Waals surface area contributed by atoms with Crippen molar-refractivity contribution in [2.45, 2.75) is 51.9 Å². The van der Waals surface area contributed by atoms with Crippen LogP contribution in [-0.4, -0.2) is 16.9 Å². The van der Waals surface area contributed by atoms with Crippen molar-refractivity contribution in [1.29, 1.82) is 0 Å². The minimum absolute atomic E-state index is 1.12. The Morgan fingerprint density at radius 1 is 1.00 bits per heavy atom. The van der Waals surface area contributed by atoms with E-state index in [0.29, 0.717) is 0 Å². The molecule has 0 heterocycles. The van der Waals surface area contributed by atoms with Gasteiger partial charge in [-0.2, -0.15) is 0 Å². The summed E-state index contributed by atoms with van der Waals surface area (Å²) in [5.41, 5.74) is 0. The van der Waals surface area contributed by atoms with Gasteiger partial charge in [0.1, 0.15) is 0 Å². The van der Waals surface area contributed by atoms with E-state index in [1.54, 1.807) is 0 Å². The van der Waals surface area contributed by atoms with Crippen LogP contribution in [0.5, 0.6) is 0 Å². The summed E-state index contributed by atoms with van der Waals surface area (Å²) in [6.07, 6.45) is 9.37. The van der Waals surface area contributed by atoms with Gasteiger partial charge in [0.05, 0.1) is 0 Å². The van der Waals surface area contributed by atoms with Gasteiger partial charge in [-0.15, -0.1) is 0 Å². The molecular formula is C10H19As. The number of unbranched alkanes of at least 4 members (excludes halogenated alkanes) is 6. The molecule has 1 atom stereocenters. The van der Waals surface area contributed by atoms with Crippen molar-refractivity contribution in [2.24, 2.45) is 0 Å². The minimum atomic E-state index is 1.12. The average molecular weight is 214 g/mol. The Bertz CT molecular complexity index is 119. The fraction of sp³-hybridized carbons (Fsp3) is 0.800. The zero-order valence-electron chi connectivity index (χ0n) is 7.53. The molecule has 0 aliphatic carbocycles. The second-order valence-corrected chi connectivity index (χ2v) is 3.44. The zero-order valence-corrected chi connectivity index (χ0v) is 9.95. The van der Waals surface area contributed by atoms with Crippen LogP contribution in [0.2, 0.25) is 0 Å². The summed E-state index contributed by atoms with van der Waals surface area (Å²) in [7, 11) is 0. The summed E-state index contributed by atoms with van der Waals surface area (Å²) in [6, 6.07) is 0. The van der Waals surface area contributed by atoms with Crippen molar-refractivity contribution in [1.82, 2.24) is 0 Å². The Morgan fingerprint density at radius 2 is 1.64 bits per heavy atom. The molecule has 0 aromatic heterocycles. The van der Waals surface area contributed by atoms with E-state index < -0.39 is 0 Å². The van der Waals surface area contributed by atoms with Crippen molar-refractivity contribution in [3.63, 3.8) is 0 Å². The van der Waals surface area contributed by atoms with Gasteiger partial charge in [0.15, 0.2) is 0 Å². The maximum absolute atomic E-state index is 3.12. The molecule has 0 saturated carbocycles. The Labute approximate surface area is 79.6 Å². The molecule has 0 bridgehead atoms. The quantitative estimate of drug-likeness (QED) is 0.361. The Balaban J connectivity index is 2.83. The van der Waals surface area contributed by atoms with Gasteiger partial charge < -0.3 is 0 Å². The molecule has 0 rings (SSSR count). The summed E-state index contributed by atoms with van der Waals surface area (Å²) in [5, 5.41) is 0. The fourth-order valence-electron chi connectivity index (χ4n) is 1.07. The molecule has 0 aliphatic heterocycles. The van der Waals surface area contributed by atoms with Crippen LogP contribution >= 0.6 is 0 Å².